The van der Waals surface area contributed by atoms with Crippen LogP contribution in [0.4, 0.5) is 0 Å². The highest BCUT2D eigenvalue weighted by Crippen LogP contribution is 1.95. The average molecular weight is 216 g/mol. The van der Waals surface area contributed by atoms with Crippen molar-refractivity contribution in [2.75, 3.05) is 13.2 Å². The van der Waals surface area contributed by atoms with Gasteiger partial charge in [-0.05, 0) is 0 Å². The Labute approximate surface area is 57.6 Å². The second-order valence-electron chi connectivity index (χ2n) is 1.56. The van der Waals surface area contributed by atoms with E-state index in [2.05, 4.69) is 0 Å². The lowest BCUT2D eigenvalue weighted by Gasteiger charge is -2.01. The van der Waals surface area contributed by atoms with Crippen molar-refractivity contribution in [2.45, 2.75) is 6.92 Å². The van der Waals surface area contributed by atoms with Gasteiger partial charge in [-0.3, -0.25) is 0 Å². The molecule has 0 radical (unpaired) electrons. The van der Waals surface area contributed by atoms with Crippen LogP contribution in [0, 0.1) is 5.92 Å². The molecule has 0 saturated carbocycles. The van der Waals surface area contributed by atoms with Gasteiger partial charge < -0.3 is 8.17 Å². The molecule has 2 nitrogen and oxygen atoms in total. The van der Waals surface area contributed by atoms with E-state index >= 15 is 0 Å². The first-order valence-corrected chi connectivity index (χ1v) is 3.03. The van der Waals surface area contributed by atoms with Crippen LogP contribution >= 0.6 is 23.0 Å². The minimum absolute atomic E-state index is 0.211. The van der Waals surface area contributed by atoms with Crippen molar-refractivity contribution >= 4 is 23.0 Å². The van der Waals surface area contributed by atoms with Gasteiger partial charge in [0.25, 0.3) is 0 Å². The lowest BCUT2D eigenvalue weighted by atomic mass is 10.2. The zero-order valence-electron chi connectivity index (χ0n) is 4.22. The van der Waals surface area contributed by atoms with Crippen LogP contribution in [-0.2, 0) is 3.07 Å². The standard InChI is InChI=1S/C4H9IO2/c1-4(2-6)3-7-5/h4,6H,2-3H2,1H3/t4-/m0/s1. The molecule has 0 aliphatic carbocycles. The molecule has 0 rings (SSSR count). The van der Waals surface area contributed by atoms with Crippen LogP contribution in [0.1, 0.15) is 6.92 Å². The van der Waals surface area contributed by atoms with Gasteiger partial charge in [0.2, 0.25) is 0 Å². The fourth-order valence-electron chi connectivity index (χ4n) is 0.160. The summed E-state index contributed by atoms with van der Waals surface area (Å²) in [6, 6.07) is 0. The summed E-state index contributed by atoms with van der Waals surface area (Å²) in [6.45, 7) is 2.78. The molecule has 44 valence electrons. The van der Waals surface area contributed by atoms with E-state index in [0.29, 0.717) is 6.61 Å². The predicted molar refractivity (Wildman–Crippen MR) is 36.2 cm³/mol. The third-order valence-electron chi connectivity index (χ3n) is 0.659. The molecule has 0 aliphatic rings. The van der Waals surface area contributed by atoms with E-state index in [-0.39, 0.29) is 12.5 Å². The van der Waals surface area contributed by atoms with E-state index in [1.54, 1.807) is 0 Å². The highest BCUT2D eigenvalue weighted by atomic mass is 127. The zero-order chi connectivity index (χ0) is 5.70. The molecular weight excluding hydrogens is 207 g/mol. The van der Waals surface area contributed by atoms with Crippen LogP contribution in [0.3, 0.4) is 0 Å². The second-order valence-corrected chi connectivity index (χ2v) is 2.19. The average Bonchev–Trinajstić information content (AvgIpc) is 1.68. The summed E-state index contributed by atoms with van der Waals surface area (Å²) in [5.74, 6) is 0.275. The smallest absolute Gasteiger partial charge is 0.109 e. The van der Waals surface area contributed by atoms with E-state index < -0.39 is 0 Å². The van der Waals surface area contributed by atoms with Gasteiger partial charge in [-0.2, -0.15) is 0 Å². The third kappa shape index (κ3) is 4.50. The fraction of sp³-hybridized carbons (Fsp3) is 1.00. The van der Waals surface area contributed by atoms with Gasteiger partial charge in [-0.25, -0.2) is 0 Å². The van der Waals surface area contributed by atoms with Gasteiger partial charge in [0.05, 0.1) is 6.61 Å². The topological polar surface area (TPSA) is 29.5 Å². The number of hydrogen-bond acceptors (Lipinski definition) is 2. The number of hydrogen-bond donors (Lipinski definition) is 1. The first kappa shape index (κ1) is 7.65. The Morgan fingerprint density at radius 3 is 2.57 bits per heavy atom. The van der Waals surface area contributed by atoms with E-state index in [9.17, 15) is 0 Å². The molecule has 0 spiro atoms. The van der Waals surface area contributed by atoms with Gasteiger partial charge in [0.1, 0.15) is 23.0 Å². The fourth-order valence-corrected chi connectivity index (χ4v) is 0.774. The molecule has 0 aromatic heterocycles. The molecule has 0 amide bonds. The third-order valence-corrected chi connectivity index (χ3v) is 1.02. The van der Waals surface area contributed by atoms with Gasteiger partial charge in [-0.15, -0.1) is 0 Å². The van der Waals surface area contributed by atoms with Crippen LogP contribution in [0.15, 0.2) is 0 Å². The van der Waals surface area contributed by atoms with Gasteiger partial charge in [0, 0.05) is 12.5 Å². The Balaban J connectivity index is 2.83. The second kappa shape index (κ2) is 4.80. The molecule has 7 heavy (non-hydrogen) atoms. The van der Waals surface area contributed by atoms with Crippen LogP contribution < -0.4 is 0 Å². The maximum Gasteiger partial charge on any atom is 0.109 e. The quantitative estimate of drug-likeness (QED) is 0.712. The van der Waals surface area contributed by atoms with Gasteiger partial charge >= 0.3 is 0 Å². The largest absolute Gasteiger partial charge is 0.396 e. The van der Waals surface area contributed by atoms with Crippen LogP contribution in [-0.4, -0.2) is 18.3 Å². The van der Waals surface area contributed by atoms with Crippen LogP contribution in [0.2, 0.25) is 0 Å². The lowest BCUT2D eigenvalue weighted by Crippen LogP contribution is -2.05. The highest BCUT2D eigenvalue weighted by molar-refractivity contribution is 14.1. The summed E-state index contributed by atoms with van der Waals surface area (Å²) >= 11 is 1.81. The zero-order valence-corrected chi connectivity index (χ0v) is 6.38. The maximum absolute atomic E-state index is 8.38. The lowest BCUT2D eigenvalue weighted by molar-refractivity contribution is 0.199. The molecule has 0 heterocycles. The van der Waals surface area contributed by atoms with E-state index in [1.165, 1.54) is 0 Å². The summed E-state index contributed by atoms with van der Waals surface area (Å²) in [5, 5.41) is 8.38. The van der Waals surface area contributed by atoms with Crippen molar-refractivity contribution in [3.05, 3.63) is 0 Å². The molecule has 1 atom stereocenters. The molecule has 0 bridgehead atoms. The molecular formula is C4H9IO2. The van der Waals surface area contributed by atoms with Crippen molar-refractivity contribution in [1.29, 1.82) is 0 Å². The van der Waals surface area contributed by atoms with Crippen molar-refractivity contribution in [2.24, 2.45) is 5.92 Å². The van der Waals surface area contributed by atoms with E-state index in [1.807, 2.05) is 29.9 Å². The first-order chi connectivity index (χ1) is 3.31. The Morgan fingerprint density at radius 1 is 1.86 bits per heavy atom. The van der Waals surface area contributed by atoms with Gasteiger partial charge in [-0.1, -0.05) is 6.92 Å². The number of aliphatic hydroxyl groups is 1. The monoisotopic (exact) mass is 216 g/mol. The molecule has 3 heteroatoms. The van der Waals surface area contributed by atoms with Crippen molar-refractivity contribution < 1.29 is 8.17 Å². The Hall–Kier alpha value is 0.650. The van der Waals surface area contributed by atoms with E-state index in [4.69, 9.17) is 8.17 Å². The molecule has 0 aliphatic heterocycles. The Kier molecular flexibility index (Phi) is 5.25. The normalized spacial score (nSPS) is 14.1. The minimum atomic E-state index is 0.211. The summed E-state index contributed by atoms with van der Waals surface area (Å²) < 4.78 is 4.70. The van der Waals surface area contributed by atoms with Crippen molar-refractivity contribution in [1.82, 2.24) is 0 Å². The number of halogens is 1. The number of aliphatic hydroxyl groups excluding tert-OH is 1. The molecule has 0 aromatic rings. The first-order valence-electron chi connectivity index (χ1n) is 2.15. The maximum atomic E-state index is 8.38. The minimum Gasteiger partial charge on any atom is -0.396 e. The van der Waals surface area contributed by atoms with Gasteiger partial charge in [0.15, 0.2) is 0 Å². The molecule has 0 saturated heterocycles. The van der Waals surface area contributed by atoms with E-state index in [0.717, 1.165) is 0 Å². The molecule has 0 unspecified atom stereocenters. The van der Waals surface area contributed by atoms with Crippen LogP contribution in [0.25, 0.3) is 0 Å². The summed E-state index contributed by atoms with van der Waals surface area (Å²) in [4.78, 5) is 0. The number of rotatable bonds is 3. The predicted octanol–water partition coefficient (Wildman–Crippen LogP) is 0.981. The summed E-state index contributed by atoms with van der Waals surface area (Å²) in [6.07, 6.45) is 0. The molecule has 0 aromatic carbocycles. The van der Waals surface area contributed by atoms with Crippen LogP contribution in [0.5, 0.6) is 0 Å². The van der Waals surface area contributed by atoms with Crippen molar-refractivity contribution in [3.8, 4) is 0 Å². The molecule has 0 fully saturated rings. The highest BCUT2D eigenvalue weighted by Gasteiger charge is 1.95. The Morgan fingerprint density at radius 2 is 2.43 bits per heavy atom. The SMILES string of the molecule is C[C@@H](CO)COI. The Bertz CT molecular complexity index is 40.7. The molecule has 1 N–H and O–H groups in total. The van der Waals surface area contributed by atoms with Crippen molar-refractivity contribution in [3.63, 3.8) is 0 Å². The summed E-state index contributed by atoms with van der Waals surface area (Å²) in [5.41, 5.74) is 0. The summed E-state index contributed by atoms with van der Waals surface area (Å²) in [7, 11) is 0.